The Balaban J connectivity index is 1.68. The average Bonchev–Trinajstić information content (AvgIpc) is 3.31. The lowest BCUT2D eigenvalue weighted by molar-refractivity contribution is -0.116. The molecule has 9 nitrogen and oxygen atoms in total. The number of aromatic nitrogens is 3. The molecule has 9 heteroatoms. The van der Waals surface area contributed by atoms with Crippen molar-refractivity contribution in [2.24, 2.45) is 0 Å². The molecule has 3 aromatic rings. The van der Waals surface area contributed by atoms with Gasteiger partial charge in [0.25, 0.3) is 0 Å². The Bertz CT molecular complexity index is 1290. The molecule has 0 amide bonds. The van der Waals surface area contributed by atoms with Crippen LogP contribution in [-0.4, -0.2) is 48.5 Å². The lowest BCUT2D eigenvalue weighted by Crippen LogP contribution is -2.31. The van der Waals surface area contributed by atoms with Gasteiger partial charge in [0.15, 0.2) is 23.1 Å². The number of Topliss-reactive ketones (excluding diaryl/α,β-unsaturated/α-hetero) is 1. The molecule has 2 aliphatic rings. The maximum Gasteiger partial charge on any atom is 0.226 e. The largest absolute Gasteiger partial charge is 0.494 e. The van der Waals surface area contributed by atoms with Gasteiger partial charge in [0.2, 0.25) is 11.7 Å². The predicted molar refractivity (Wildman–Crippen MR) is 130 cm³/mol. The minimum absolute atomic E-state index is 0.116. The van der Waals surface area contributed by atoms with Crippen molar-refractivity contribution in [3.8, 4) is 34.4 Å². The number of hydrogen-bond donors (Lipinski definition) is 1. The van der Waals surface area contributed by atoms with Gasteiger partial charge in [0, 0.05) is 28.8 Å². The van der Waals surface area contributed by atoms with E-state index in [9.17, 15) is 4.79 Å². The Morgan fingerprint density at radius 2 is 1.77 bits per heavy atom. The van der Waals surface area contributed by atoms with Crippen LogP contribution >= 0.6 is 0 Å². The Morgan fingerprint density at radius 1 is 1.03 bits per heavy atom. The maximum atomic E-state index is 13.2. The molecule has 2 heterocycles. The van der Waals surface area contributed by atoms with Gasteiger partial charge in [-0.15, -0.1) is 5.10 Å². The molecule has 1 atom stereocenters. The van der Waals surface area contributed by atoms with Crippen LogP contribution in [0.15, 0.2) is 47.7 Å². The summed E-state index contributed by atoms with van der Waals surface area (Å²) in [4.78, 5) is 18.0. The van der Waals surface area contributed by atoms with Gasteiger partial charge in [-0.05, 0) is 38.0 Å². The van der Waals surface area contributed by atoms with E-state index in [0.29, 0.717) is 47.6 Å². The van der Waals surface area contributed by atoms with Crippen molar-refractivity contribution >= 4 is 11.7 Å². The number of ketones is 1. The molecule has 0 spiro atoms. The predicted octanol–water partition coefficient (Wildman–Crippen LogP) is 4.39. The van der Waals surface area contributed by atoms with Crippen LogP contribution in [0.2, 0.25) is 0 Å². The van der Waals surface area contributed by atoms with Crippen LogP contribution in [-0.2, 0) is 4.79 Å². The van der Waals surface area contributed by atoms with E-state index in [2.05, 4.69) is 5.32 Å². The van der Waals surface area contributed by atoms with E-state index in [1.54, 1.807) is 26.0 Å². The Hall–Kier alpha value is -4.01. The fraction of sp³-hybridized carbons (Fsp3) is 0.346. The molecule has 1 aliphatic carbocycles. The Kier molecular flexibility index (Phi) is 6.07. The van der Waals surface area contributed by atoms with E-state index in [4.69, 9.17) is 29.0 Å². The highest BCUT2D eigenvalue weighted by atomic mass is 16.5. The van der Waals surface area contributed by atoms with Gasteiger partial charge in [-0.3, -0.25) is 4.79 Å². The molecule has 182 valence electrons. The van der Waals surface area contributed by atoms with E-state index in [-0.39, 0.29) is 5.78 Å². The minimum atomic E-state index is -0.444. The number of fused-ring (bicyclic) bond motifs is 1. The van der Waals surface area contributed by atoms with Crippen LogP contribution in [0, 0.1) is 0 Å². The van der Waals surface area contributed by atoms with Crippen LogP contribution in [0.4, 0.5) is 5.95 Å². The first-order chi connectivity index (χ1) is 17.1. The van der Waals surface area contributed by atoms with Crippen molar-refractivity contribution in [2.75, 3.05) is 33.3 Å². The van der Waals surface area contributed by atoms with E-state index in [1.807, 2.05) is 43.3 Å². The molecule has 0 unspecified atom stereocenters. The maximum absolute atomic E-state index is 13.2. The molecule has 35 heavy (non-hydrogen) atoms. The summed E-state index contributed by atoms with van der Waals surface area (Å²) in [7, 11) is 4.70. The quantitative estimate of drug-likeness (QED) is 0.536. The second-order valence-corrected chi connectivity index (χ2v) is 8.28. The Morgan fingerprint density at radius 3 is 2.46 bits per heavy atom. The van der Waals surface area contributed by atoms with Crippen LogP contribution < -0.4 is 24.3 Å². The number of carbonyl (C=O) groups is 1. The smallest absolute Gasteiger partial charge is 0.226 e. The highest BCUT2D eigenvalue weighted by molar-refractivity contribution is 5.99. The number of benzene rings is 2. The zero-order chi connectivity index (χ0) is 24.5. The van der Waals surface area contributed by atoms with Gasteiger partial charge in [0.05, 0.1) is 27.9 Å². The molecule has 2 aromatic carbocycles. The number of allylic oxidation sites excluding steroid dienone is 2. The Labute approximate surface area is 203 Å². The highest BCUT2D eigenvalue weighted by Crippen LogP contribution is 2.45. The number of nitrogens with one attached hydrogen (secondary N) is 1. The fourth-order valence-electron chi connectivity index (χ4n) is 4.77. The zero-order valence-electron chi connectivity index (χ0n) is 20.3. The van der Waals surface area contributed by atoms with Gasteiger partial charge in [-0.2, -0.15) is 4.98 Å². The molecule has 5 rings (SSSR count). The normalized spacial score (nSPS) is 16.8. The number of hydrogen-bond acceptors (Lipinski definition) is 8. The number of ether oxygens (including phenoxy) is 4. The first-order valence-corrected chi connectivity index (χ1v) is 11.6. The molecule has 0 bridgehead atoms. The highest BCUT2D eigenvalue weighted by Gasteiger charge is 2.38. The molecule has 0 fully saturated rings. The number of anilines is 1. The molecule has 0 saturated carbocycles. The summed E-state index contributed by atoms with van der Waals surface area (Å²) >= 11 is 0. The third kappa shape index (κ3) is 3.86. The molecule has 1 aromatic heterocycles. The summed E-state index contributed by atoms with van der Waals surface area (Å²) in [5.41, 5.74) is 3.19. The first kappa shape index (κ1) is 22.8. The number of nitrogens with zero attached hydrogens (tertiary/aromatic N) is 3. The lowest BCUT2D eigenvalue weighted by atomic mass is 9.85. The van der Waals surface area contributed by atoms with E-state index in [1.165, 1.54) is 0 Å². The van der Waals surface area contributed by atoms with Gasteiger partial charge in [-0.25, -0.2) is 4.68 Å². The van der Waals surface area contributed by atoms with Crippen molar-refractivity contribution in [3.63, 3.8) is 0 Å². The molecule has 1 N–H and O–H groups in total. The second-order valence-electron chi connectivity index (χ2n) is 8.28. The summed E-state index contributed by atoms with van der Waals surface area (Å²) in [6.07, 6.45) is 2.09. The number of methoxy groups -OCH3 is 3. The molecular weight excluding hydrogens is 448 g/mol. The van der Waals surface area contributed by atoms with E-state index in [0.717, 1.165) is 35.4 Å². The fourth-order valence-corrected chi connectivity index (χ4v) is 4.77. The van der Waals surface area contributed by atoms with Gasteiger partial charge < -0.3 is 24.3 Å². The third-order valence-corrected chi connectivity index (χ3v) is 6.30. The monoisotopic (exact) mass is 476 g/mol. The van der Waals surface area contributed by atoms with Crippen LogP contribution in [0.1, 0.15) is 37.8 Å². The van der Waals surface area contributed by atoms with Crippen molar-refractivity contribution in [1.82, 2.24) is 14.8 Å². The van der Waals surface area contributed by atoms with E-state index < -0.39 is 6.04 Å². The van der Waals surface area contributed by atoms with E-state index >= 15 is 0 Å². The summed E-state index contributed by atoms with van der Waals surface area (Å²) in [5, 5.41) is 8.23. The van der Waals surface area contributed by atoms with Crippen molar-refractivity contribution in [1.29, 1.82) is 0 Å². The molecule has 0 saturated heterocycles. The van der Waals surface area contributed by atoms with Crippen molar-refractivity contribution < 1.29 is 23.7 Å². The van der Waals surface area contributed by atoms with Crippen LogP contribution in [0.5, 0.6) is 23.0 Å². The van der Waals surface area contributed by atoms with Gasteiger partial charge in [0.1, 0.15) is 11.8 Å². The van der Waals surface area contributed by atoms with Crippen molar-refractivity contribution in [3.05, 3.63) is 53.2 Å². The van der Waals surface area contributed by atoms with Gasteiger partial charge >= 0.3 is 0 Å². The lowest BCUT2D eigenvalue weighted by Gasteiger charge is -2.32. The second kappa shape index (κ2) is 9.32. The molecule has 1 aliphatic heterocycles. The summed E-state index contributed by atoms with van der Waals surface area (Å²) in [6.45, 7) is 2.46. The van der Waals surface area contributed by atoms with Crippen LogP contribution in [0.3, 0.4) is 0 Å². The third-order valence-electron chi connectivity index (χ3n) is 6.30. The molecular formula is C26H28N4O5. The average molecular weight is 477 g/mol. The number of rotatable bonds is 7. The zero-order valence-corrected chi connectivity index (χ0v) is 20.3. The van der Waals surface area contributed by atoms with Crippen LogP contribution in [0.25, 0.3) is 11.4 Å². The summed E-state index contributed by atoms with van der Waals surface area (Å²) in [5.74, 6) is 3.39. The number of para-hydroxylation sites is 1. The molecule has 0 radical (unpaired) electrons. The first-order valence-electron chi connectivity index (χ1n) is 11.6. The topological polar surface area (TPSA) is 96.7 Å². The standard InChI is InChI=1S/C26H28N4O5/c1-5-35-19-12-7-6-9-16(19)23-22-17(10-8-11-18(22)31)27-26-28-25(29-30(23)26)15-13-20(32-2)24(34-4)21(14-15)33-3/h6-7,9,12-14,23H,5,8,10-11H2,1-4H3,(H,27,28,29)/t23-/m0/s1. The summed E-state index contributed by atoms with van der Waals surface area (Å²) < 4.78 is 24.2. The minimum Gasteiger partial charge on any atom is -0.494 e. The summed E-state index contributed by atoms with van der Waals surface area (Å²) in [6, 6.07) is 11.0. The van der Waals surface area contributed by atoms with Gasteiger partial charge in [-0.1, -0.05) is 18.2 Å². The van der Waals surface area contributed by atoms with Crippen molar-refractivity contribution in [2.45, 2.75) is 32.2 Å². The SMILES string of the molecule is CCOc1ccccc1[C@H]1C2=C(CCCC2=O)Nc2nc(-c3cc(OC)c(OC)c(OC)c3)nn21. The number of carbonyl (C=O) groups excluding carboxylic acids is 1.